The Morgan fingerprint density at radius 2 is 1.89 bits per heavy atom. The highest BCUT2D eigenvalue weighted by Gasteiger charge is 2.34. The Hall–Kier alpha value is -2.09. The zero-order valence-electron chi connectivity index (χ0n) is 15.6. The van der Waals surface area contributed by atoms with Crippen molar-refractivity contribution in [3.8, 4) is 0 Å². The first-order chi connectivity index (χ1) is 12.8. The number of alkyl halides is 3. The number of halogens is 3. The molecule has 0 bridgehead atoms. The minimum absolute atomic E-state index is 0.393. The van der Waals surface area contributed by atoms with Gasteiger partial charge in [0.2, 0.25) is 0 Å². The highest BCUT2D eigenvalue weighted by Crippen LogP contribution is 2.28. The fourth-order valence-electron chi connectivity index (χ4n) is 2.62. The lowest BCUT2D eigenvalue weighted by atomic mass is 10.1. The van der Waals surface area contributed by atoms with Crippen molar-refractivity contribution in [1.29, 1.82) is 0 Å². The number of nitrogens with zero attached hydrogens (tertiary/aromatic N) is 2. The van der Waals surface area contributed by atoms with E-state index in [-0.39, 0.29) is 0 Å². The van der Waals surface area contributed by atoms with Gasteiger partial charge in [-0.1, -0.05) is 25.5 Å². The van der Waals surface area contributed by atoms with Gasteiger partial charge in [-0.05, 0) is 62.2 Å². The Balaban J connectivity index is 1.72. The number of nitrogens with one attached hydrogen (secondary N) is 2. The largest absolute Gasteiger partial charge is 0.435 e. The Morgan fingerprint density at radius 1 is 1.19 bits per heavy atom. The third-order valence-electron chi connectivity index (χ3n) is 4.13. The van der Waals surface area contributed by atoms with Gasteiger partial charge < -0.3 is 10.6 Å². The maximum atomic E-state index is 12.7. The molecule has 4 nitrogen and oxygen atoms in total. The van der Waals surface area contributed by atoms with Crippen LogP contribution < -0.4 is 10.6 Å². The molecule has 1 aromatic carbocycles. The summed E-state index contributed by atoms with van der Waals surface area (Å²) >= 11 is 5.25. The maximum absolute atomic E-state index is 12.7. The average Bonchev–Trinajstić information content (AvgIpc) is 2.99. The third-order valence-corrected chi connectivity index (χ3v) is 4.38. The van der Waals surface area contributed by atoms with E-state index < -0.39 is 11.9 Å². The minimum atomic E-state index is -4.41. The van der Waals surface area contributed by atoms with Gasteiger partial charge >= 0.3 is 6.18 Å². The smallest absolute Gasteiger partial charge is 0.362 e. The van der Waals surface area contributed by atoms with Gasteiger partial charge in [-0.15, -0.1) is 0 Å². The summed E-state index contributed by atoms with van der Waals surface area (Å²) in [6.45, 7) is 4.72. The van der Waals surface area contributed by atoms with Gasteiger partial charge in [-0.2, -0.15) is 18.3 Å². The number of rotatable bonds is 8. The van der Waals surface area contributed by atoms with Gasteiger partial charge in [0.1, 0.15) is 0 Å². The molecule has 1 aromatic heterocycles. The lowest BCUT2D eigenvalue weighted by Gasteiger charge is -2.11. The molecule has 1 heterocycles. The molecule has 2 N–H and O–H groups in total. The van der Waals surface area contributed by atoms with Crippen molar-refractivity contribution >= 4 is 23.0 Å². The van der Waals surface area contributed by atoms with Crippen molar-refractivity contribution in [1.82, 2.24) is 15.1 Å². The van der Waals surface area contributed by atoms with Gasteiger partial charge in [-0.3, -0.25) is 4.68 Å². The first-order valence-corrected chi connectivity index (χ1v) is 9.46. The standard InChI is InChI=1S/C19H25F3N4S/c1-3-4-6-15-7-9-16(10-8-15)24-18(27)23-11-5-12-26-14(2)13-17(25-26)19(20,21)22/h7-10,13H,3-6,11-12H2,1-2H3,(H2,23,24,27). The molecule has 2 rings (SSSR count). The molecular formula is C19H25F3N4S. The number of aryl methyl sites for hydroxylation is 3. The molecule has 0 atom stereocenters. The summed E-state index contributed by atoms with van der Waals surface area (Å²) in [5.41, 5.74) is 1.85. The van der Waals surface area contributed by atoms with Crippen LogP contribution in [0.2, 0.25) is 0 Å². The first kappa shape index (κ1) is 21.2. The van der Waals surface area contributed by atoms with E-state index in [0.717, 1.165) is 18.2 Å². The van der Waals surface area contributed by atoms with Crippen LogP contribution in [0.4, 0.5) is 18.9 Å². The number of thiocarbonyl (C=S) groups is 1. The van der Waals surface area contributed by atoms with Gasteiger partial charge in [0, 0.05) is 24.5 Å². The summed E-state index contributed by atoms with van der Waals surface area (Å²) in [6, 6.07) is 9.21. The van der Waals surface area contributed by atoms with Crippen LogP contribution in [-0.2, 0) is 19.1 Å². The number of hydrogen-bond acceptors (Lipinski definition) is 2. The normalized spacial score (nSPS) is 11.4. The molecule has 0 saturated heterocycles. The molecular weight excluding hydrogens is 373 g/mol. The molecule has 0 aliphatic heterocycles. The zero-order chi connectivity index (χ0) is 19.9. The number of anilines is 1. The summed E-state index contributed by atoms with van der Waals surface area (Å²) in [6.07, 6.45) is -0.387. The quantitative estimate of drug-likeness (QED) is 0.489. The molecule has 2 aromatic rings. The van der Waals surface area contributed by atoms with Crippen LogP contribution in [0.15, 0.2) is 30.3 Å². The summed E-state index contributed by atoms with van der Waals surface area (Å²) < 4.78 is 39.3. The van der Waals surface area contributed by atoms with Crippen molar-refractivity contribution in [3.05, 3.63) is 47.3 Å². The van der Waals surface area contributed by atoms with Crippen molar-refractivity contribution in [2.75, 3.05) is 11.9 Å². The van der Waals surface area contributed by atoms with E-state index >= 15 is 0 Å². The van der Waals surface area contributed by atoms with Crippen molar-refractivity contribution in [2.45, 2.75) is 52.3 Å². The number of hydrogen-bond donors (Lipinski definition) is 2. The summed E-state index contributed by atoms with van der Waals surface area (Å²) in [4.78, 5) is 0. The van der Waals surface area contributed by atoms with E-state index in [0.29, 0.717) is 30.3 Å². The van der Waals surface area contributed by atoms with E-state index in [1.807, 2.05) is 12.1 Å². The zero-order valence-corrected chi connectivity index (χ0v) is 16.4. The number of aromatic nitrogens is 2. The van der Waals surface area contributed by atoms with Gasteiger partial charge in [0.05, 0.1) is 0 Å². The van der Waals surface area contributed by atoms with Crippen LogP contribution in [-0.4, -0.2) is 21.4 Å². The van der Waals surface area contributed by atoms with Crippen molar-refractivity contribution < 1.29 is 13.2 Å². The van der Waals surface area contributed by atoms with E-state index in [1.54, 1.807) is 6.92 Å². The van der Waals surface area contributed by atoms with Crippen LogP contribution in [0.25, 0.3) is 0 Å². The summed E-state index contributed by atoms with van der Waals surface area (Å²) in [5, 5.41) is 10.3. The second-order valence-corrected chi connectivity index (χ2v) is 6.84. The predicted octanol–water partition coefficient (Wildman–Crippen LogP) is 4.93. The van der Waals surface area contributed by atoms with Crippen LogP contribution >= 0.6 is 12.2 Å². The van der Waals surface area contributed by atoms with E-state index in [9.17, 15) is 13.2 Å². The van der Waals surface area contributed by atoms with Crippen LogP contribution in [0, 0.1) is 6.92 Å². The summed E-state index contributed by atoms with van der Waals surface area (Å²) in [7, 11) is 0. The Morgan fingerprint density at radius 3 is 2.48 bits per heavy atom. The highest BCUT2D eigenvalue weighted by molar-refractivity contribution is 7.80. The summed E-state index contributed by atoms with van der Waals surface area (Å²) in [5.74, 6) is 0. The molecule has 148 valence electrons. The fraction of sp³-hybridized carbons (Fsp3) is 0.474. The van der Waals surface area contributed by atoms with Crippen LogP contribution in [0.3, 0.4) is 0 Å². The third kappa shape index (κ3) is 6.86. The molecule has 0 unspecified atom stereocenters. The van der Waals surface area contributed by atoms with Crippen LogP contribution in [0.1, 0.15) is 43.1 Å². The molecule has 27 heavy (non-hydrogen) atoms. The molecule has 0 aliphatic rings. The predicted molar refractivity (Wildman–Crippen MR) is 106 cm³/mol. The Labute approximate surface area is 163 Å². The van der Waals surface area contributed by atoms with Crippen molar-refractivity contribution in [3.63, 3.8) is 0 Å². The lowest BCUT2D eigenvalue weighted by Crippen LogP contribution is -2.29. The van der Waals surface area contributed by atoms with Crippen LogP contribution in [0.5, 0.6) is 0 Å². The molecule has 8 heteroatoms. The molecule has 0 spiro atoms. The minimum Gasteiger partial charge on any atom is -0.362 e. The van der Waals surface area contributed by atoms with Gasteiger partial charge in [-0.25, -0.2) is 0 Å². The second-order valence-electron chi connectivity index (χ2n) is 6.43. The second kappa shape index (κ2) is 9.73. The Kier molecular flexibility index (Phi) is 7.65. The van der Waals surface area contributed by atoms with Crippen molar-refractivity contribution in [2.24, 2.45) is 0 Å². The highest BCUT2D eigenvalue weighted by atomic mass is 32.1. The number of unbranched alkanes of at least 4 members (excludes halogenated alkanes) is 1. The fourth-order valence-corrected chi connectivity index (χ4v) is 2.84. The first-order valence-electron chi connectivity index (χ1n) is 9.05. The Bertz CT molecular complexity index is 738. The molecule has 0 radical (unpaired) electrons. The van der Waals surface area contributed by atoms with Gasteiger partial charge in [0.25, 0.3) is 0 Å². The molecule has 0 amide bonds. The topological polar surface area (TPSA) is 41.9 Å². The maximum Gasteiger partial charge on any atom is 0.435 e. The lowest BCUT2D eigenvalue weighted by molar-refractivity contribution is -0.141. The van der Waals surface area contributed by atoms with Gasteiger partial charge in [0.15, 0.2) is 10.8 Å². The molecule has 0 saturated carbocycles. The average molecular weight is 398 g/mol. The SMILES string of the molecule is CCCCc1ccc(NC(=S)NCCCn2nc(C(F)(F)F)cc2C)cc1. The van der Waals surface area contributed by atoms with E-state index in [1.165, 1.54) is 23.1 Å². The van der Waals surface area contributed by atoms with E-state index in [4.69, 9.17) is 12.2 Å². The van der Waals surface area contributed by atoms with E-state index in [2.05, 4.69) is 34.8 Å². The number of benzene rings is 1. The molecule has 0 aliphatic carbocycles. The molecule has 0 fully saturated rings. The monoisotopic (exact) mass is 398 g/mol.